The Morgan fingerprint density at radius 3 is 2.48 bits per heavy atom. The van der Waals surface area contributed by atoms with E-state index >= 15 is 0 Å². The Balaban J connectivity index is 1.59. The van der Waals surface area contributed by atoms with E-state index in [1.807, 2.05) is 6.92 Å². The van der Waals surface area contributed by atoms with Crippen molar-refractivity contribution < 1.29 is 18.1 Å². The number of hydrogen-bond acceptors (Lipinski definition) is 5. The zero-order chi connectivity index (χ0) is 23.8. The van der Waals surface area contributed by atoms with Crippen molar-refractivity contribution in [3.8, 4) is 0 Å². The first kappa shape index (κ1) is 22.8. The van der Waals surface area contributed by atoms with Gasteiger partial charge in [-0.3, -0.25) is 19.2 Å². The number of nitrogens with one attached hydrogen (secondary N) is 1. The monoisotopic (exact) mass is 485 g/mol. The summed E-state index contributed by atoms with van der Waals surface area (Å²) >= 11 is 6.05. The fourth-order valence-electron chi connectivity index (χ4n) is 3.73. The zero-order valence-electron chi connectivity index (χ0n) is 17.6. The number of aryl methyl sites for hydroxylation is 2. The van der Waals surface area contributed by atoms with Gasteiger partial charge in [0, 0.05) is 24.4 Å². The molecule has 0 atom stereocenters. The minimum Gasteiger partial charge on any atom is -0.322 e. The molecule has 8 nitrogen and oxygen atoms in total. The summed E-state index contributed by atoms with van der Waals surface area (Å²) in [6, 6.07) is 15.4. The number of nitro groups is 1. The number of hydrogen-bond donors (Lipinski definition) is 1. The lowest BCUT2D eigenvalue weighted by molar-refractivity contribution is -0.384. The van der Waals surface area contributed by atoms with Crippen LogP contribution in [0.2, 0.25) is 5.02 Å². The maximum Gasteiger partial charge on any atom is 0.270 e. The van der Waals surface area contributed by atoms with E-state index in [-0.39, 0.29) is 21.2 Å². The van der Waals surface area contributed by atoms with Crippen LogP contribution in [0, 0.1) is 17.0 Å². The van der Waals surface area contributed by atoms with E-state index in [1.54, 1.807) is 42.5 Å². The van der Waals surface area contributed by atoms with Crippen molar-refractivity contribution >= 4 is 44.6 Å². The highest BCUT2D eigenvalue weighted by Crippen LogP contribution is 2.34. The van der Waals surface area contributed by atoms with Crippen molar-refractivity contribution in [2.45, 2.75) is 24.7 Å². The summed E-state index contributed by atoms with van der Waals surface area (Å²) in [5.74, 6) is -0.519. The molecule has 0 aromatic heterocycles. The number of anilines is 2. The van der Waals surface area contributed by atoms with E-state index < -0.39 is 20.9 Å². The van der Waals surface area contributed by atoms with E-state index in [9.17, 15) is 23.3 Å². The summed E-state index contributed by atoms with van der Waals surface area (Å²) in [4.78, 5) is 23.2. The van der Waals surface area contributed by atoms with Crippen molar-refractivity contribution in [2.75, 3.05) is 16.2 Å². The Morgan fingerprint density at radius 1 is 1.09 bits per heavy atom. The predicted molar refractivity (Wildman–Crippen MR) is 127 cm³/mol. The molecule has 0 saturated carbocycles. The minimum absolute atomic E-state index is 0.0324. The Morgan fingerprint density at radius 2 is 1.82 bits per heavy atom. The maximum atomic E-state index is 13.2. The average molecular weight is 486 g/mol. The van der Waals surface area contributed by atoms with Crippen LogP contribution in [0.5, 0.6) is 0 Å². The van der Waals surface area contributed by atoms with Crippen LogP contribution in [0.25, 0.3) is 0 Å². The normalized spacial score (nSPS) is 13.3. The molecule has 3 aromatic carbocycles. The number of amides is 1. The highest BCUT2D eigenvalue weighted by Gasteiger charge is 2.29. The van der Waals surface area contributed by atoms with Gasteiger partial charge in [0.25, 0.3) is 21.6 Å². The molecule has 1 heterocycles. The van der Waals surface area contributed by atoms with Crippen molar-refractivity contribution in [3.63, 3.8) is 0 Å². The third kappa shape index (κ3) is 4.55. The molecule has 3 aromatic rings. The van der Waals surface area contributed by atoms with Crippen LogP contribution >= 0.6 is 11.6 Å². The molecular weight excluding hydrogens is 466 g/mol. The van der Waals surface area contributed by atoms with Crippen LogP contribution in [-0.2, 0) is 16.4 Å². The summed E-state index contributed by atoms with van der Waals surface area (Å²) in [6.45, 7) is 2.26. The Bertz CT molecular complexity index is 1360. The van der Waals surface area contributed by atoms with E-state index in [4.69, 9.17) is 11.6 Å². The number of carbonyl (C=O) groups is 1. The molecule has 170 valence electrons. The largest absolute Gasteiger partial charge is 0.322 e. The number of benzene rings is 3. The summed E-state index contributed by atoms with van der Waals surface area (Å²) in [5.41, 5.74) is 2.71. The van der Waals surface area contributed by atoms with Gasteiger partial charge in [0.2, 0.25) is 0 Å². The van der Waals surface area contributed by atoms with Gasteiger partial charge in [-0.05, 0) is 61.7 Å². The molecule has 1 amide bonds. The molecule has 1 aliphatic rings. The van der Waals surface area contributed by atoms with Crippen molar-refractivity contribution in [1.29, 1.82) is 0 Å². The molecule has 0 bridgehead atoms. The minimum atomic E-state index is -3.71. The van der Waals surface area contributed by atoms with E-state index in [1.165, 1.54) is 16.4 Å². The van der Waals surface area contributed by atoms with Gasteiger partial charge in [-0.1, -0.05) is 29.3 Å². The first-order chi connectivity index (χ1) is 15.7. The second kappa shape index (κ2) is 8.84. The molecule has 0 saturated heterocycles. The van der Waals surface area contributed by atoms with Gasteiger partial charge in [0.1, 0.15) is 0 Å². The number of nitrogens with zero attached hydrogens (tertiary/aromatic N) is 2. The third-order valence-corrected chi connectivity index (χ3v) is 7.57. The SMILES string of the molecule is Cc1ccc(S(=O)(=O)N2CCCc3cc(NC(=O)c4ccc([N+](=O)[O-])cc4Cl)ccc32)cc1. The number of fused-ring (bicyclic) bond motifs is 1. The highest BCUT2D eigenvalue weighted by atomic mass is 35.5. The molecular formula is C23H20ClN3O5S. The molecule has 33 heavy (non-hydrogen) atoms. The van der Waals surface area contributed by atoms with Gasteiger partial charge in [-0.2, -0.15) is 0 Å². The van der Waals surface area contributed by atoms with Crippen LogP contribution in [0.3, 0.4) is 0 Å². The summed E-state index contributed by atoms with van der Waals surface area (Å²) < 4.78 is 27.8. The topological polar surface area (TPSA) is 110 Å². The summed E-state index contributed by atoms with van der Waals surface area (Å²) in [6.07, 6.45) is 1.31. The maximum absolute atomic E-state index is 13.2. The number of rotatable bonds is 5. The first-order valence-corrected chi connectivity index (χ1v) is 12.0. The van der Waals surface area contributed by atoms with Gasteiger partial charge in [0.15, 0.2) is 0 Å². The van der Waals surface area contributed by atoms with Crippen LogP contribution in [-0.4, -0.2) is 25.8 Å². The van der Waals surface area contributed by atoms with Gasteiger partial charge in [-0.15, -0.1) is 0 Å². The average Bonchev–Trinajstić information content (AvgIpc) is 2.78. The number of nitro benzene ring substituents is 1. The summed E-state index contributed by atoms with van der Waals surface area (Å²) in [7, 11) is -3.71. The Hall–Kier alpha value is -3.43. The predicted octanol–water partition coefficient (Wildman–Crippen LogP) is 4.95. The fraction of sp³-hybridized carbons (Fsp3) is 0.174. The smallest absolute Gasteiger partial charge is 0.270 e. The molecule has 0 aliphatic carbocycles. The first-order valence-electron chi connectivity index (χ1n) is 10.1. The van der Waals surface area contributed by atoms with Crippen LogP contribution in [0.4, 0.5) is 17.1 Å². The number of halogens is 1. The van der Waals surface area contributed by atoms with Crippen molar-refractivity contribution in [3.05, 3.63) is 92.5 Å². The van der Waals surface area contributed by atoms with Gasteiger partial charge in [-0.25, -0.2) is 8.42 Å². The molecule has 1 aliphatic heterocycles. The molecule has 0 fully saturated rings. The number of non-ortho nitro benzene ring substituents is 1. The fourth-order valence-corrected chi connectivity index (χ4v) is 5.53. The van der Waals surface area contributed by atoms with E-state index in [2.05, 4.69) is 5.32 Å². The number of carbonyl (C=O) groups excluding carboxylic acids is 1. The van der Waals surface area contributed by atoms with Crippen LogP contribution in [0.15, 0.2) is 65.6 Å². The van der Waals surface area contributed by atoms with E-state index in [0.717, 1.165) is 17.2 Å². The molecule has 4 rings (SSSR count). The molecule has 0 radical (unpaired) electrons. The lowest BCUT2D eigenvalue weighted by Crippen LogP contribution is -2.35. The van der Waals surface area contributed by atoms with Crippen molar-refractivity contribution in [1.82, 2.24) is 0 Å². The lowest BCUT2D eigenvalue weighted by atomic mass is 10.0. The quantitative estimate of drug-likeness (QED) is 0.406. The molecule has 0 spiro atoms. The van der Waals surface area contributed by atoms with Crippen LogP contribution in [0.1, 0.15) is 27.9 Å². The van der Waals surface area contributed by atoms with Gasteiger partial charge in [0.05, 0.1) is 26.1 Å². The Kier molecular flexibility index (Phi) is 6.09. The third-order valence-electron chi connectivity index (χ3n) is 5.43. The van der Waals surface area contributed by atoms with Gasteiger partial charge >= 0.3 is 0 Å². The van der Waals surface area contributed by atoms with E-state index in [0.29, 0.717) is 30.8 Å². The second-order valence-electron chi connectivity index (χ2n) is 7.71. The summed E-state index contributed by atoms with van der Waals surface area (Å²) in [5, 5.41) is 13.6. The lowest BCUT2D eigenvalue weighted by Gasteiger charge is -2.31. The van der Waals surface area contributed by atoms with Crippen LogP contribution < -0.4 is 9.62 Å². The molecule has 1 N–H and O–H groups in total. The molecule has 10 heteroatoms. The number of sulfonamides is 1. The standard InChI is InChI=1S/C23H20ClN3O5S/c1-15-4-8-19(9-5-15)33(31,32)26-12-2-3-16-13-17(6-11-22(16)26)25-23(28)20-10-7-18(27(29)30)14-21(20)24/h4-11,13-14H,2-3,12H2,1H3,(H,25,28). The van der Waals surface area contributed by atoms with Gasteiger partial charge < -0.3 is 5.32 Å². The highest BCUT2D eigenvalue weighted by molar-refractivity contribution is 7.92. The van der Waals surface area contributed by atoms with Crippen molar-refractivity contribution in [2.24, 2.45) is 0 Å². The molecule has 0 unspecified atom stereocenters. The second-order valence-corrected chi connectivity index (χ2v) is 9.98. The zero-order valence-corrected chi connectivity index (χ0v) is 19.2. The Labute approximate surface area is 196 Å².